The lowest BCUT2D eigenvalue weighted by molar-refractivity contribution is -0.385. The summed E-state index contributed by atoms with van der Waals surface area (Å²) in [4.78, 5) is 14.7. The fourth-order valence-corrected chi connectivity index (χ4v) is 1.81. The molecule has 0 spiro atoms. The molecule has 1 N–H and O–H groups in total. The molecule has 0 amide bonds. The van der Waals surface area contributed by atoms with Crippen LogP contribution in [0.3, 0.4) is 0 Å². The van der Waals surface area contributed by atoms with E-state index >= 15 is 0 Å². The van der Waals surface area contributed by atoms with E-state index in [1.807, 2.05) is 6.92 Å². The normalized spacial score (nSPS) is 10.2. The predicted molar refractivity (Wildman–Crippen MR) is 80.9 cm³/mol. The Hall–Kier alpha value is -2.63. The maximum absolute atomic E-state index is 11.0. The monoisotopic (exact) mass is 287 g/mol. The average molecular weight is 287 g/mol. The number of rotatable bonds is 6. The second kappa shape index (κ2) is 6.69. The highest BCUT2D eigenvalue weighted by Crippen LogP contribution is 2.32. The Labute approximate surface area is 122 Å². The molecular formula is C15H17N3O3. The van der Waals surface area contributed by atoms with Crippen LogP contribution in [0.2, 0.25) is 0 Å². The van der Waals surface area contributed by atoms with E-state index in [9.17, 15) is 10.1 Å². The molecule has 0 aliphatic carbocycles. The second-order valence-electron chi connectivity index (χ2n) is 4.63. The number of benzene rings is 1. The van der Waals surface area contributed by atoms with Crippen LogP contribution >= 0.6 is 0 Å². The van der Waals surface area contributed by atoms with Crippen molar-refractivity contribution in [3.05, 3.63) is 52.2 Å². The summed E-state index contributed by atoms with van der Waals surface area (Å²) < 4.78 is 5.65. The smallest absolute Gasteiger partial charge is 0.311 e. The van der Waals surface area contributed by atoms with Crippen molar-refractivity contribution >= 4 is 11.5 Å². The van der Waals surface area contributed by atoms with Crippen LogP contribution in [0.5, 0.6) is 11.5 Å². The van der Waals surface area contributed by atoms with Crippen LogP contribution in [0, 0.1) is 17.0 Å². The van der Waals surface area contributed by atoms with Gasteiger partial charge in [-0.05, 0) is 31.0 Å². The molecule has 2 aromatic rings. The van der Waals surface area contributed by atoms with Gasteiger partial charge in [0.2, 0.25) is 5.75 Å². The first kappa shape index (κ1) is 14.8. The Bertz CT molecular complexity index is 644. The summed E-state index contributed by atoms with van der Waals surface area (Å²) in [5, 5.41) is 14.2. The third-order valence-electron chi connectivity index (χ3n) is 2.83. The molecule has 1 aromatic carbocycles. The van der Waals surface area contributed by atoms with Crippen molar-refractivity contribution in [1.29, 1.82) is 0 Å². The number of nitro groups is 1. The van der Waals surface area contributed by atoms with Crippen molar-refractivity contribution in [3.63, 3.8) is 0 Å². The maximum Gasteiger partial charge on any atom is 0.311 e. The van der Waals surface area contributed by atoms with Gasteiger partial charge in [0.25, 0.3) is 0 Å². The van der Waals surface area contributed by atoms with Crippen LogP contribution in [0.25, 0.3) is 0 Å². The number of aryl methyl sites for hydroxylation is 1. The van der Waals surface area contributed by atoms with E-state index in [-0.39, 0.29) is 11.4 Å². The minimum atomic E-state index is -0.452. The molecule has 0 atom stereocenters. The molecule has 21 heavy (non-hydrogen) atoms. The molecule has 110 valence electrons. The van der Waals surface area contributed by atoms with Gasteiger partial charge in [-0.15, -0.1) is 0 Å². The number of nitro benzene ring substituents is 1. The topological polar surface area (TPSA) is 77.3 Å². The minimum absolute atomic E-state index is 0.0551. The summed E-state index contributed by atoms with van der Waals surface area (Å²) in [7, 11) is 0. The third-order valence-corrected chi connectivity index (χ3v) is 2.83. The molecule has 0 saturated carbocycles. The molecule has 0 unspecified atom stereocenters. The maximum atomic E-state index is 11.0. The van der Waals surface area contributed by atoms with Crippen molar-refractivity contribution in [2.24, 2.45) is 0 Å². The van der Waals surface area contributed by atoms with Crippen molar-refractivity contribution in [2.75, 3.05) is 11.9 Å². The van der Waals surface area contributed by atoms with Crippen LogP contribution in [0.4, 0.5) is 11.5 Å². The van der Waals surface area contributed by atoms with Crippen molar-refractivity contribution in [3.8, 4) is 11.5 Å². The standard InChI is InChI=1S/C15H17N3O3/c1-3-7-16-15-10-12(6-8-17-15)21-14-9-11(2)4-5-13(14)18(19)20/h4-6,8-10H,3,7H2,1-2H3,(H,16,17). The Balaban J connectivity index is 2.25. The number of hydrogen-bond donors (Lipinski definition) is 1. The highest BCUT2D eigenvalue weighted by Gasteiger charge is 2.15. The van der Waals surface area contributed by atoms with Gasteiger partial charge >= 0.3 is 5.69 Å². The zero-order valence-electron chi connectivity index (χ0n) is 12.0. The van der Waals surface area contributed by atoms with Gasteiger partial charge in [-0.1, -0.05) is 13.0 Å². The summed E-state index contributed by atoms with van der Waals surface area (Å²) in [6, 6.07) is 8.18. The first-order chi connectivity index (χ1) is 10.1. The molecule has 0 saturated heterocycles. The molecule has 6 nitrogen and oxygen atoms in total. The molecule has 0 radical (unpaired) electrons. The molecule has 0 aliphatic heterocycles. The molecule has 0 aliphatic rings. The van der Waals surface area contributed by atoms with E-state index in [2.05, 4.69) is 17.2 Å². The van der Waals surface area contributed by atoms with E-state index in [4.69, 9.17) is 4.74 Å². The second-order valence-corrected chi connectivity index (χ2v) is 4.63. The first-order valence-electron chi connectivity index (χ1n) is 6.73. The number of ether oxygens (including phenoxy) is 1. The SMILES string of the molecule is CCCNc1cc(Oc2cc(C)ccc2[N+](=O)[O-])ccn1. The van der Waals surface area contributed by atoms with Crippen molar-refractivity contribution in [1.82, 2.24) is 4.98 Å². The zero-order valence-corrected chi connectivity index (χ0v) is 12.0. The Kier molecular flexibility index (Phi) is 4.71. The Morgan fingerprint density at radius 3 is 2.86 bits per heavy atom. The van der Waals surface area contributed by atoms with Gasteiger partial charge in [-0.2, -0.15) is 0 Å². The molecule has 6 heteroatoms. The van der Waals surface area contributed by atoms with Gasteiger partial charge in [0, 0.05) is 24.9 Å². The fraction of sp³-hybridized carbons (Fsp3) is 0.267. The third kappa shape index (κ3) is 3.92. The molecular weight excluding hydrogens is 270 g/mol. The van der Waals surface area contributed by atoms with Crippen molar-refractivity contribution in [2.45, 2.75) is 20.3 Å². The number of pyridine rings is 1. The molecule has 0 bridgehead atoms. The van der Waals surface area contributed by atoms with Crippen LogP contribution < -0.4 is 10.1 Å². The first-order valence-corrected chi connectivity index (χ1v) is 6.73. The van der Waals surface area contributed by atoms with Gasteiger partial charge in [-0.3, -0.25) is 10.1 Å². The quantitative estimate of drug-likeness (QED) is 0.643. The Morgan fingerprint density at radius 2 is 2.14 bits per heavy atom. The van der Waals surface area contributed by atoms with Gasteiger partial charge < -0.3 is 10.1 Å². The fourth-order valence-electron chi connectivity index (χ4n) is 1.81. The lowest BCUT2D eigenvalue weighted by Gasteiger charge is -2.09. The minimum Gasteiger partial charge on any atom is -0.450 e. The molecule has 2 rings (SSSR count). The number of aromatic nitrogens is 1. The largest absolute Gasteiger partial charge is 0.450 e. The lowest BCUT2D eigenvalue weighted by atomic mass is 10.2. The van der Waals surface area contributed by atoms with Crippen LogP contribution in [-0.2, 0) is 0 Å². The summed E-state index contributed by atoms with van der Waals surface area (Å²) in [5.74, 6) is 1.43. The van der Waals surface area contributed by atoms with Gasteiger partial charge in [0.1, 0.15) is 11.6 Å². The number of nitrogens with one attached hydrogen (secondary N) is 1. The summed E-state index contributed by atoms with van der Waals surface area (Å²) >= 11 is 0. The van der Waals surface area contributed by atoms with Gasteiger partial charge in [-0.25, -0.2) is 4.98 Å². The molecule has 1 aromatic heterocycles. The highest BCUT2D eigenvalue weighted by molar-refractivity contribution is 5.51. The van der Waals surface area contributed by atoms with Gasteiger partial charge in [0.15, 0.2) is 0 Å². The van der Waals surface area contributed by atoms with E-state index in [1.165, 1.54) is 6.07 Å². The van der Waals surface area contributed by atoms with Crippen LogP contribution in [0.15, 0.2) is 36.5 Å². The number of nitrogens with zero attached hydrogens (tertiary/aromatic N) is 2. The number of anilines is 1. The van der Waals surface area contributed by atoms with Crippen LogP contribution in [-0.4, -0.2) is 16.5 Å². The van der Waals surface area contributed by atoms with Gasteiger partial charge in [0.05, 0.1) is 4.92 Å². The molecule has 1 heterocycles. The predicted octanol–water partition coefficient (Wildman–Crippen LogP) is 3.91. The molecule has 0 fully saturated rings. The number of hydrogen-bond acceptors (Lipinski definition) is 5. The van der Waals surface area contributed by atoms with Crippen molar-refractivity contribution < 1.29 is 9.66 Å². The average Bonchev–Trinajstić information content (AvgIpc) is 2.45. The summed E-state index contributed by atoms with van der Waals surface area (Å²) in [6.07, 6.45) is 2.59. The zero-order chi connectivity index (χ0) is 15.2. The van der Waals surface area contributed by atoms with E-state index in [0.717, 1.165) is 18.5 Å². The van der Waals surface area contributed by atoms with E-state index < -0.39 is 4.92 Å². The Morgan fingerprint density at radius 1 is 1.33 bits per heavy atom. The summed E-state index contributed by atoms with van der Waals surface area (Å²) in [5.41, 5.74) is 0.842. The van der Waals surface area contributed by atoms with E-state index in [0.29, 0.717) is 11.6 Å². The van der Waals surface area contributed by atoms with Crippen LogP contribution in [0.1, 0.15) is 18.9 Å². The highest BCUT2D eigenvalue weighted by atomic mass is 16.6. The lowest BCUT2D eigenvalue weighted by Crippen LogP contribution is -2.01. The van der Waals surface area contributed by atoms with E-state index in [1.54, 1.807) is 30.5 Å². The summed E-state index contributed by atoms with van der Waals surface area (Å²) in [6.45, 7) is 4.72.